The van der Waals surface area contributed by atoms with E-state index in [4.69, 9.17) is 11.6 Å². The number of methoxy groups -OCH3 is 1. The molecule has 1 aromatic heterocycles. The van der Waals surface area contributed by atoms with Crippen molar-refractivity contribution >= 4 is 23.4 Å². The fourth-order valence-electron chi connectivity index (χ4n) is 0.826. The van der Waals surface area contributed by atoms with Gasteiger partial charge in [-0.2, -0.15) is 0 Å². The Balaban J connectivity index is 2.64. The fourth-order valence-corrected chi connectivity index (χ4v) is 0.893. The second kappa shape index (κ2) is 5.31. The highest BCUT2D eigenvalue weighted by atomic mass is 35.5. The molecule has 80 valence electrons. The molecule has 1 N–H and O–H groups in total. The molecule has 0 radical (unpaired) electrons. The summed E-state index contributed by atoms with van der Waals surface area (Å²) in [6.07, 6.45) is 0. The van der Waals surface area contributed by atoms with E-state index in [0.717, 1.165) is 0 Å². The minimum absolute atomic E-state index is 0.160. The predicted molar refractivity (Wildman–Crippen MR) is 56.9 cm³/mol. The third kappa shape index (κ3) is 3.55. The van der Waals surface area contributed by atoms with Crippen LogP contribution in [0.1, 0.15) is 10.5 Å². The van der Waals surface area contributed by atoms with Gasteiger partial charge in [0.25, 0.3) is 0 Å². The molecule has 0 atom stereocenters. The van der Waals surface area contributed by atoms with E-state index in [9.17, 15) is 4.79 Å². The van der Waals surface area contributed by atoms with Gasteiger partial charge in [-0.05, 0) is 12.1 Å². The maximum absolute atomic E-state index is 11.0. The van der Waals surface area contributed by atoms with Crippen molar-refractivity contribution in [3.63, 3.8) is 0 Å². The van der Waals surface area contributed by atoms with Crippen LogP contribution in [0.15, 0.2) is 23.7 Å². The summed E-state index contributed by atoms with van der Waals surface area (Å²) < 4.78 is 4.48. The lowest BCUT2D eigenvalue weighted by Gasteiger charge is -2.03. The van der Waals surface area contributed by atoms with Crippen molar-refractivity contribution in [3.8, 4) is 0 Å². The van der Waals surface area contributed by atoms with Gasteiger partial charge in [-0.25, -0.2) is 4.79 Å². The first-order chi connectivity index (χ1) is 7.13. The summed E-state index contributed by atoms with van der Waals surface area (Å²) in [5.74, 6) is 0.000237. The first kappa shape index (κ1) is 11.5. The summed E-state index contributed by atoms with van der Waals surface area (Å²) in [6, 6.07) is 3.12. The molecule has 1 aromatic rings. The standard InChI is InChI=1S/C9H10ClN3O2/c1-6(10)5-11-8-4-3-7(12-13-8)9(14)15-2/h3-4H,1,5H2,2H3,(H,11,13). The number of aromatic nitrogens is 2. The van der Waals surface area contributed by atoms with Crippen LogP contribution in [-0.4, -0.2) is 29.8 Å². The average Bonchev–Trinajstić information content (AvgIpc) is 2.26. The summed E-state index contributed by atoms with van der Waals surface area (Å²) >= 11 is 5.55. The van der Waals surface area contributed by atoms with Crippen LogP contribution in [0, 0.1) is 0 Å². The number of carbonyl (C=O) groups excluding carboxylic acids is 1. The summed E-state index contributed by atoms with van der Waals surface area (Å²) in [4.78, 5) is 11.0. The van der Waals surface area contributed by atoms with E-state index in [-0.39, 0.29) is 5.69 Å². The molecule has 0 bridgehead atoms. The number of esters is 1. The minimum atomic E-state index is -0.518. The molecule has 0 spiro atoms. The van der Waals surface area contributed by atoms with Crippen molar-refractivity contribution in [2.75, 3.05) is 19.0 Å². The lowest BCUT2D eigenvalue weighted by atomic mass is 10.4. The van der Waals surface area contributed by atoms with Gasteiger partial charge in [-0.3, -0.25) is 0 Å². The molecular weight excluding hydrogens is 218 g/mol. The Morgan fingerprint density at radius 2 is 2.33 bits per heavy atom. The summed E-state index contributed by atoms with van der Waals surface area (Å²) in [5, 5.41) is 10.8. The van der Waals surface area contributed by atoms with Gasteiger partial charge in [-0.1, -0.05) is 18.2 Å². The maximum atomic E-state index is 11.0. The van der Waals surface area contributed by atoms with E-state index in [1.807, 2.05) is 0 Å². The number of hydrogen-bond acceptors (Lipinski definition) is 5. The van der Waals surface area contributed by atoms with Crippen LogP contribution in [0.5, 0.6) is 0 Å². The monoisotopic (exact) mass is 227 g/mol. The number of anilines is 1. The largest absolute Gasteiger partial charge is 0.464 e. The number of ether oxygens (including phenoxy) is 1. The quantitative estimate of drug-likeness (QED) is 0.789. The van der Waals surface area contributed by atoms with Gasteiger partial charge in [0.2, 0.25) is 0 Å². The zero-order valence-electron chi connectivity index (χ0n) is 8.16. The molecule has 1 heterocycles. The second-order valence-electron chi connectivity index (χ2n) is 2.67. The van der Waals surface area contributed by atoms with Crippen LogP contribution >= 0.6 is 11.6 Å². The highest BCUT2D eigenvalue weighted by molar-refractivity contribution is 6.29. The number of nitrogens with one attached hydrogen (secondary N) is 1. The molecule has 6 heteroatoms. The molecule has 0 saturated carbocycles. The van der Waals surface area contributed by atoms with E-state index in [0.29, 0.717) is 17.4 Å². The molecule has 0 aromatic carbocycles. The number of nitrogens with zero attached hydrogens (tertiary/aromatic N) is 2. The molecule has 0 amide bonds. The number of hydrogen-bond donors (Lipinski definition) is 1. The van der Waals surface area contributed by atoms with E-state index < -0.39 is 5.97 Å². The average molecular weight is 228 g/mol. The first-order valence-electron chi connectivity index (χ1n) is 4.12. The third-order valence-electron chi connectivity index (χ3n) is 1.52. The van der Waals surface area contributed by atoms with Gasteiger partial charge < -0.3 is 10.1 Å². The normalized spacial score (nSPS) is 9.47. The fraction of sp³-hybridized carbons (Fsp3) is 0.222. The third-order valence-corrected chi connectivity index (χ3v) is 1.65. The van der Waals surface area contributed by atoms with E-state index >= 15 is 0 Å². The van der Waals surface area contributed by atoms with Gasteiger partial charge in [0.1, 0.15) is 5.82 Å². The lowest BCUT2D eigenvalue weighted by molar-refractivity contribution is 0.0593. The molecule has 5 nitrogen and oxygen atoms in total. The summed E-state index contributed by atoms with van der Waals surface area (Å²) in [7, 11) is 1.29. The Hall–Kier alpha value is -1.62. The smallest absolute Gasteiger partial charge is 0.358 e. The SMILES string of the molecule is C=C(Cl)CNc1ccc(C(=O)OC)nn1. The van der Waals surface area contributed by atoms with Crippen LogP contribution < -0.4 is 5.32 Å². The summed E-state index contributed by atoms with van der Waals surface area (Å²) in [6.45, 7) is 3.91. The Kier molecular flexibility index (Phi) is 4.05. The lowest BCUT2D eigenvalue weighted by Crippen LogP contribution is -2.08. The van der Waals surface area contributed by atoms with Crippen molar-refractivity contribution in [1.29, 1.82) is 0 Å². The topological polar surface area (TPSA) is 64.1 Å². The summed E-state index contributed by atoms with van der Waals surface area (Å²) in [5.41, 5.74) is 0.160. The number of halogens is 1. The first-order valence-corrected chi connectivity index (χ1v) is 4.50. The van der Waals surface area contributed by atoms with Gasteiger partial charge >= 0.3 is 5.97 Å². The molecule has 1 rings (SSSR count). The van der Waals surface area contributed by atoms with E-state index in [1.165, 1.54) is 13.2 Å². The Bertz CT molecular complexity index is 364. The maximum Gasteiger partial charge on any atom is 0.358 e. The highest BCUT2D eigenvalue weighted by Crippen LogP contribution is 2.04. The van der Waals surface area contributed by atoms with Crippen molar-refractivity contribution in [3.05, 3.63) is 29.4 Å². The van der Waals surface area contributed by atoms with Crippen molar-refractivity contribution < 1.29 is 9.53 Å². The zero-order valence-corrected chi connectivity index (χ0v) is 8.91. The van der Waals surface area contributed by atoms with E-state index in [2.05, 4.69) is 26.8 Å². The van der Waals surface area contributed by atoms with Crippen LogP contribution in [0.25, 0.3) is 0 Å². The van der Waals surface area contributed by atoms with Crippen LogP contribution in [-0.2, 0) is 4.74 Å². The van der Waals surface area contributed by atoms with Gasteiger partial charge in [0.05, 0.1) is 13.7 Å². The molecule has 0 aliphatic carbocycles. The van der Waals surface area contributed by atoms with Crippen molar-refractivity contribution in [2.24, 2.45) is 0 Å². The van der Waals surface area contributed by atoms with Crippen molar-refractivity contribution in [1.82, 2.24) is 10.2 Å². The van der Waals surface area contributed by atoms with Crippen molar-refractivity contribution in [2.45, 2.75) is 0 Å². The Morgan fingerprint density at radius 1 is 1.60 bits per heavy atom. The molecule has 0 unspecified atom stereocenters. The predicted octanol–water partition coefficient (Wildman–Crippen LogP) is 1.43. The second-order valence-corrected chi connectivity index (χ2v) is 3.20. The molecule has 15 heavy (non-hydrogen) atoms. The van der Waals surface area contributed by atoms with Gasteiger partial charge in [0, 0.05) is 5.03 Å². The van der Waals surface area contributed by atoms with Crippen LogP contribution in [0.2, 0.25) is 0 Å². The van der Waals surface area contributed by atoms with E-state index in [1.54, 1.807) is 6.07 Å². The Morgan fingerprint density at radius 3 is 2.80 bits per heavy atom. The molecule has 0 aliphatic rings. The molecule has 0 aliphatic heterocycles. The number of carbonyl (C=O) groups is 1. The van der Waals surface area contributed by atoms with Crippen LogP contribution in [0.4, 0.5) is 5.82 Å². The van der Waals surface area contributed by atoms with Crippen LogP contribution in [0.3, 0.4) is 0 Å². The Labute approximate surface area is 92.1 Å². The number of rotatable bonds is 4. The van der Waals surface area contributed by atoms with Gasteiger partial charge in [-0.15, -0.1) is 10.2 Å². The molecule has 0 fully saturated rings. The minimum Gasteiger partial charge on any atom is -0.464 e. The molecule has 0 saturated heterocycles. The molecular formula is C9H10ClN3O2. The highest BCUT2D eigenvalue weighted by Gasteiger charge is 2.06. The van der Waals surface area contributed by atoms with Gasteiger partial charge in [0.15, 0.2) is 5.69 Å². The zero-order chi connectivity index (χ0) is 11.3.